The summed E-state index contributed by atoms with van der Waals surface area (Å²) in [7, 11) is 0. The highest BCUT2D eigenvalue weighted by molar-refractivity contribution is 7.19. The quantitative estimate of drug-likeness (QED) is 0.524. The molecular weight excluding hydrogens is 482 g/mol. The van der Waals surface area contributed by atoms with Gasteiger partial charge >= 0.3 is 0 Å². The predicted molar refractivity (Wildman–Crippen MR) is 137 cm³/mol. The van der Waals surface area contributed by atoms with Crippen LogP contribution in [0.5, 0.6) is 0 Å². The molecule has 3 fully saturated rings. The average Bonchev–Trinajstić information content (AvgIpc) is 3.45. The number of aromatic nitrogens is 2. The number of fused-ring (bicyclic) bond motifs is 2. The largest absolute Gasteiger partial charge is 0.314 e. The third-order valence-corrected chi connectivity index (χ3v) is 9.01. The molecule has 1 saturated carbocycles. The van der Waals surface area contributed by atoms with Crippen LogP contribution in [-0.2, 0) is 22.7 Å². The van der Waals surface area contributed by atoms with Gasteiger partial charge in [0.15, 0.2) is 0 Å². The maximum Gasteiger partial charge on any atom is 0.233 e. The monoisotopic (exact) mass is 509 g/mol. The lowest BCUT2D eigenvalue weighted by atomic mass is 9.96. The van der Waals surface area contributed by atoms with Crippen LogP contribution in [0.25, 0.3) is 21.5 Å². The number of carbonyl (C=O) groups is 2. The third kappa shape index (κ3) is 3.96. The molecule has 3 aliphatic rings. The number of halogens is 1. The molecule has 3 aromatic rings. The minimum Gasteiger partial charge on any atom is -0.314 e. The summed E-state index contributed by atoms with van der Waals surface area (Å²) in [6.45, 7) is 9.67. The van der Waals surface area contributed by atoms with Crippen LogP contribution < -0.4 is 5.32 Å². The number of amides is 2. The Hall–Kier alpha value is -2.39. The summed E-state index contributed by atoms with van der Waals surface area (Å²) in [5.41, 5.74) is 5.05. The van der Waals surface area contributed by atoms with Gasteiger partial charge in [-0.3, -0.25) is 19.4 Å². The van der Waals surface area contributed by atoms with Crippen LogP contribution in [0.4, 0.5) is 0 Å². The number of hydrogen-bond donors (Lipinski definition) is 1. The van der Waals surface area contributed by atoms with E-state index in [0.717, 1.165) is 58.0 Å². The van der Waals surface area contributed by atoms with E-state index >= 15 is 0 Å². The zero-order valence-corrected chi connectivity index (χ0v) is 21.6. The number of benzene rings is 1. The van der Waals surface area contributed by atoms with Gasteiger partial charge < -0.3 is 5.32 Å². The van der Waals surface area contributed by atoms with E-state index in [4.69, 9.17) is 16.6 Å². The van der Waals surface area contributed by atoms with Crippen molar-refractivity contribution in [2.75, 3.05) is 13.1 Å². The number of carbonyl (C=O) groups excluding carboxylic acids is 2. The maximum atomic E-state index is 12.5. The molecule has 4 atom stereocenters. The Bertz CT molecular complexity index is 1330. The molecule has 2 aliphatic heterocycles. The van der Waals surface area contributed by atoms with E-state index in [9.17, 15) is 9.59 Å². The second-order valence-electron chi connectivity index (χ2n) is 10.1. The molecule has 2 amide bonds. The van der Waals surface area contributed by atoms with Crippen molar-refractivity contribution in [3.05, 3.63) is 45.6 Å². The lowest BCUT2D eigenvalue weighted by Gasteiger charge is -2.40. The molecule has 7 nitrogen and oxygen atoms in total. The van der Waals surface area contributed by atoms with Crippen LogP contribution in [0.2, 0.25) is 5.02 Å². The van der Waals surface area contributed by atoms with E-state index in [-0.39, 0.29) is 23.7 Å². The van der Waals surface area contributed by atoms with E-state index in [1.807, 2.05) is 18.2 Å². The van der Waals surface area contributed by atoms with Gasteiger partial charge in [0, 0.05) is 47.2 Å². The molecule has 6 rings (SSSR count). The van der Waals surface area contributed by atoms with Crippen LogP contribution in [0, 0.1) is 18.8 Å². The zero-order chi connectivity index (χ0) is 24.4. The Morgan fingerprint density at radius 1 is 1.06 bits per heavy atom. The lowest BCUT2D eigenvalue weighted by Crippen LogP contribution is -2.54. The molecule has 1 aromatic carbocycles. The van der Waals surface area contributed by atoms with Crippen LogP contribution in [0.1, 0.15) is 36.3 Å². The summed E-state index contributed by atoms with van der Waals surface area (Å²) >= 11 is 8.10. The van der Waals surface area contributed by atoms with Crippen molar-refractivity contribution >= 4 is 45.0 Å². The van der Waals surface area contributed by atoms with Gasteiger partial charge in [0.1, 0.15) is 6.33 Å². The van der Waals surface area contributed by atoms with Crippen molar-refractivity contribution < 1.29 is 9.59 Å². The molecule has 1 aliphatic carbocycles. The first-order chi connectivity index (χ1) is 16.8. The highest BCUT2D eigenvalue weighted by Crippen LogP contribution is 2.48. The van der Waals surface area contributed by atoms with Crippen LogP contribution in [-0.4, -0.2) is 56.8 Å². The van der Waals surface area contributed by atoms with Crippen molar-refractivity contribution in [3.63, 3.8) is 0 Å². The molecule has 0 bridgehead atoms. The SMILES string of the molecule is Cc1cc(Cl)cc(-c2ncnc3cc(CN4C(=O)C5CC5C4=O)sc23)c1CN1[C@@H](C)CNC[C@@H]1C. The molecule has 1 N–H and O–H groups in total. The molecule has 182 valence electrons. The van der Waals surface area contributed by atoms with Gasteiger partial charge in [-0.25, -0.2) is 9.97 Å². The summed E-state index contributed by atoms with van der Waals surface area (Å²) < 4.78 is 0.955. The third-order valence-electron chi connectivity index (χ3n) is 7.68. The van der Waals surface area contributed by atoms with Gasteiger partial charge in [-0.15, -0.1) is 11.3 Å². The number of aryl methyl sites for hydroxylation is 1. The van der Waals surface area contributed by atoms with Crippen molar-refractivity contribution in [1.29, 1.82) is 0 Å². The fourth-order valence-electron chi connectivity index (χ4n) is 5.59. The van der Waals surface area contributed by atoms with E-state index < -0.39 is 0 Å². The Labute approximate surface area is 213 Å². The van der Waals surface area contributed by atoms with E-state index in [2.05, 4.69) is 36.0 Å². The van der Waals surface area contributed by atoms with Crippen LogP contribution >= 0.6 is 22.9 Å². The highest BCUT2D eigenvalue weighted by Gasteiger charge is 2.58. The first kappa shape index (κ1) is 23.0. The van der Waals surface area contributed by atoms with Crippen molar-refractivity contribution in [3.8, 4) is 11.3 Å². The number of thiophene rings is 1. The molecule has 2 unspecified atom stereocenters. The van der Waals surface area contributed by atoms with E-state index in [1.165, 1.54) is 10.5 Å². The van der Waals surface area contributed by atoms with Crippen LogP contribution in [0.15, 0.2) is 24.5 Å². The Balaban J connectivity index is 1.39. The van der Waals surface area contributed by atoms with Crippen molar-refractivity contribution in [1.82, 2.24) is 25.1 Å². The lowest BCUT2D eigenvalue weighted by molar-refractivity contribution is -0.141. The molecule has 9 heteroatoms. The fourth-order valence-corrected chi connectivity index (χ4v) is 6.97. The summed E-state index contributed by atoms with van der Waals surface area (Å²) in [6, 6.07) is 6.84. The summed E-state index contributed by atoms with van der Waals surface area (Å²) in [4.78, 5) is 39.1. The molecule has 35 heavy (non-hydrogen) atoms. The topological polar surface area (TPSA) is 78.4 Å². The average molecular weight is 510 g/mol. The second kappa shape index (κ2) is 8.62. The number of likely N-dealkylation sites (tertiary alicyclic amines) is 1. The molecule has 0 spiro atoms. The first-order valence-electron chi connectivity index (χ1n) is 12.2. The number of nitrogens with zero attached hydrogens (tertiary/aromatic N) is 4. The second-order valence-corrected chi connectivity index (χ2v) is 11.7. The van der Waals surface area contributed by atoms with Gasteiger partial charge in [-0.1, -0.05) is 11.6 Å². The predicted octanol–water partition coefficient (Wildman–Crippen LogP) is 4.01. The molecular formula is C26H28ClN5O2S. The number of piperidine rings is 1. The van der Waals surface area contributed by atoms with Gasteiger partial charge in [0.05, 0.1) is 34.3 Å². The van der Waals surface area contributed by atoms with Gasteiger partial charge in [0.2, 0.25) is 11.8 Å². The summed E-state index contributed by atoms with van der Waals surface area (Å²) in [5.74, 6) is -0.232. The Morgan fingerprint density at radius 3 is 2.49 bits per heavy atom. The molecule has 2 saturated heterocycles. The normalized spacial score (nSPS) is 26.6. The number of nitrogens with one attached hydrogen (secondary N) is 1. The number of hydrogen-bond acceptors (Lipinski definition) is 7. The first-order valence-corrected chi connectivity index (χ1v) is 13.4. The number of piperazine rings is 1. The molecule has 0 radical (unpaired) electrons. The number of imide groups is 1. The summed E-state index contributed by atoms with van der Waals surface area (Å²) in [6.07, 6.45) is 2.31. The highest BCUT2D eigenvalue weighted by atomic mass is 35.5. The van der Waals surface area contributed by atoms with E-state index in [0.29, 0.717) is 23.7 Å². The fraction of sp³-hybridized carbons (Fsp3) is 0.462. The van der Waals surface area contributed by atoms with Gasteiger partial charge in [0.25, 0.3) is 0 Å². The minimum atomic E-state index is -0.0843. The van der Waals surface area contributed by atoms with Gasteiger partial charge in [-0.05, 0) is 56.5 Å². The van der Waals surface area contributed by atoms with Crippen molar-refractivity contribution in [2.45, 2.75) is 52.4 Å². The van der Waals surface area contributed by atoms with Crippen LogP contribution in [0.3, 0.4) is 0 Å². The Kier molecular flexibility index (Phi) is 5.67. The smallest absolute Gasteiger partial charge is 0.233 e. The summed E-state index contributed by atoms with van der Waals surface area (Å²) in [5, 5.41) is 4.18. The maximum absolute atomic E-state index is 12.5. The Morgan fingerprint density at radius 2 is 1.77 bits per heavy atom. The van der Waals surface area contributed by atoms with Crippen molar-refractivity contribution in [2.24, 2.45) is 11.8 Å². The number of rotatable bonds is 5. The molecule has 2 aromatic heterocycles. The van der Waals surface area contributed by atoms with E-state index in [1.54, 1.807) is 17.7 Å². The minimum absolute atomic E-state index is 0.0317. The molecule has 4 heterocycles. The van der Waals surface area contributed by atoms with Gasteiger partial charge in [-0.2, -0.15) is 0 Å². The zero-order valence-electron chi connectivity index (χ0n) is 20.0. The standard InChI is InChI=1S/C26H28ClN5O2S/c1-13-4-16(27)5-18(21(13)11-31-14(2)8-28-9-15(31)3)23-24-22(29-12-30-23)6-17(35-24)10-32-25(33)19-7-20(19)26(32)34/h4-6,12,14-15,19-20,28H,7-11H2,1-3H3/t14-,15-,19?,20?/m0/s1.